The Labute approximate surface area is 119 Å². The molecule has 0 bridgehead atoms. The fourth-order valence-electron chi connectivity index (χ4n) is 2.75. The lowest BCUT2D eigenvalue weighted by Crippen LogP contribution is -2.41. The quantitative estimate of drug-likeness (QED) is 0.631. The van der Waals surface area contributed by atoms with Gasteiger partial charge in [0, 0.05) is 5.92 Å². The lowest BCUT2D eigenvalue weighted by molar-refractivity contribution is -0.202. The first kappa shape index (κ1) is 15.1. The van der Waals surface area contributed by atoms with Gasteiger partial charge in [-0.25, -0.2) is 4.79 Å². The number of aliphatic hydroxyl groups is 1. The van der Waals surface area contributed by atoms with Crippen molar-refractivity contribution in [2.24, 2.45) is 11.8 Å². The third-order valence-electron chi connectivity index (χ3n) is 3.59. The van der Waals surface area contributed by atoms with Gasteiger partial charge >= 0.3 is 5.97 Å². The number of aliphatic hydroxyl groups excluding tert-OH is 1. The number of hydrogen-bond donors (Lipinski definition) is 1. The summed E-state index contributed by atoms with van der Waals surface area (Å²) < 4.78 is 16.3. The minimum absolute atomic E-state index is 0.0503. The van der Waals surface area contributed by atoms with Crippen LogP contribution in [0.5, 0.6) is 0 Å². The van der Waals surface area contributed by atoms with Crippen LogP contribution in [0.1, 0.15) is 27.2 Å². The van der Waals surface area contributed by atoms with Crippen molar-refractivity contribution in [1.29, 1.82) is 0 Å². The van der Waals surface area contributed by atoms with E-state index in [1.807, 2.05) is 26.8 Å². The third-order valence-corrected chi connectivity index (χ3v) is 3.59. The van der Waals surface area contributed by atoms with E-state index in [1.165, 1.54) is 13.4 Å². The van der Waals surface area contributed by atoms with E-state index in [4.69, 9.17) is 14.2 Å². The molecular formula is C15H22O5. The van der Waals surface area contributed by atoms with Gasteiger partial charge in [0.05, 0.1) is 37.1 Å². The average molecular weight is 282 g/mol. The maximum atomic E-state index is 11.8. The Kier molecular flexibility index (Phi) is 4.20. The summed E-state index contributed by atoms with van der Waals surface area (Å²) in [5, 5.41) is 9.49. The fraction of sp³-hybridized carbons (Fsp3) is 0.667. The van der Waals surface area contributed by atoms with E-state index in [1.54, 1.807) is 0 Å². The summed E-state index contributed by atoms with van der Waals surface area (Å²) in [6.45, 7) is 5.79. The molecule has 1 unspecified atom stereocenters. The molecule has 0 amide bonds. The lowest BCUT2D eigenvalue weighted by Gasteiger charge is -2.37. The summed E-state index contributed by atoms with van der Waals surface area (Å²) >= 11 is 0. The molecule has 0 radical (unpaired) electrons. The van der Waals surface area contributed by atoms with Gasteiger partial charge < -0.3 is 19.3 Å². The van der Waals surface area contributed by atoms with E-state index < -0.39 is 6.29 Å². The van der Waals surface area contributed by atoms with Crippen LogP contribution >= 0.6 is 0 Å². The number of methoxy groups -OCH3 is 1. The first-order valence-electron chi connectivity index (χ1n) is 6.79. The zero-order valence-corrected chi connectivity index (χ0v) is 12.4. The molecule has 0 fully saturated rings. The van der Waals surface area contributed by atoms with E-state index in [-0.39, 0.29) is 30.0 Å². The molecule has 1 aliphatic heterocycles. The van der Waals surface area contributed by atoms with Crippen molar-refractivity contribution in [1.82, 2.24) is 0 Å². The number of carbonyl (C=O) groups is 1. The number of rotatable bonds is 3. The average Bonchev–Trinajstić information content (AvgIpc) is 2.81. The molecule has 20 heavy (non-hydrogen) atoms. The molecule has 2 aliphatic rings. The van der Waals surface area contributed by atoms with Crippen LogP contribution in [0, 0.1) is 11.8 Å². The Bertz CT molecular complexity index is 444. The van der Waals surface area contributed by atoms with Gasteiger partial charge in [-0.05, 0) is 32.8 Å². The summed E-state index contributed by atoms with van der Waals surface area (Å²) in [6, 6.07) is 0. The van der Waals surface area contributed by atoms with E-state index in [2.05, 4.69) is 0 Å². The molecule has 2 rings (SSSR count). The normalized spacial score (nSPS) is 29.1. The predicted octanol–water partition coefficient (Wildman–Crippen LogP) is 1.77. The SMILES string of the molecule is COC(=O)C1=COC(OC(C)(C)C)[C@@H]2C(CO)=CC[C@H]12. The van der Waals surface area contributed by atoms with E-state index in [0.717, 1.165) is 5.57 Å². The second-order valence-corrected chi connectivity index (χ2v) is 6.10. The Morgan fingerprint density at radius 2 is 2.20 bits per heavy atom. The van der Waals surface area contributed by atoms with Crippen LogP contribution in [0.2, 0.25) is 0 Å². The van der Waals surface area contributed by atoms with Gasteiger partial charge in [0.2, 0.25) is 6.29 Å². The predicted molar refractivity (Wildman–Crippen MR) is 72.6 cm³/mol. The minimum atomic E-state index is -0.491. The van der Waals surface area contributed by atoms with Crippen LogP contribution in [-0.4, -0.2) is 36.7 Å². The highest BCUT2D eigenvalue weighted by atomic mass is 16.7. The summed E-state index contributed by atoms with van der Waals surface area (Å²) in [5.41, 5.74) is 0.999. The molecular weight excluding hydrogens is 260 g/mol. The number of fused-ring (bicyclic) bond motifs is 1. The Morgan fingerprint density at radius 3 is 2.75 bits per heavy atom. The highest BCUT2D eigenvalue weighted by Crippen LogP contribution is 2.44. The molecule has 5 nitrogen and oxygen atoms in total. The monoisotopic (exact) mass is 282 g/mol. The summed E-state index contributed by atoms with van der Waals surface area (Å²) in [5.74, 6) is -0.578. The summed E-state index contributed by atoms with van der Waals surface area (Å²) in [7, 11) is 1.35. The molecule has 112 valence electrons. The van der Waals surface area contributed by atoms with Crippen molar-refractivity contribution in [3.63, 3.8) is 0 Å². The fourth-order valence-corrected chi connectivity index (χ4v) is 2.75. The third kappa shape index (κ3) is 2.88. The highest BCUT2D eigenvalue weighted by molar-refractivity contribution is 5.89. The number of ether oxygens (including phenoxy) is 3. The maximum absolute atomic E-state index is 11.8. The molecule has 0 aromatic rings. The molecule has 0 aromatic heterocycles. The molecule has 0 saturated heterocycles. The molecule has 0 saturated carbocycles. The first-order chi connectivity index (χ1) is 9.37. The topological polar surface area (TPSA) is 65.0 Å². The Morgan fingerprint density at radius 1 is 1.50 bits per heavy atom. The smallest absolute Gasteiger partial charge is 0.337 e. The van der Waals surface area contributed by atoms with Crippen molar-refractivity contribution in [2.45, 2.75) is 39.1 Å². The van der Waals surface area contributed by atoms with Crippen molar-refractivity contribution >= 4 is 5.97 Å². The van der Waals surface area contributed by atoms with Gasteiger partial charge in [-0.1, -0.05) is 6.08 Å². The maximum Gasteiger partial charge on any atom is 0.337 e. The highest BCUT2D eigenvalue weighted by Gasteiger charge is 2.45. The molecule has 1 heterocycles. The van der Waals surface area contributed by atoms with Crippen LogP contribution < -0.4 is 0 Å². The first-order valence-corrected chi connectivity index (χ1v) is 6.79. The van der Waals surface area contributed by atoms with Crippen LogP contribution in [0.3, 0.4) is 0 Å². The number of carbonyl (C=O) groups excluding carboxylic acids is 1. The Hall–Kier alpha value is -1.33. The molecule has 0 spiro atoms. The zero-order chi connectivity index (χ0) is 14.9. The number of esters is 1. The van der Waals surface area contributed by atoms with Gasteiger partial charge in [0.15, 0.2) is 0 Å². The molecule has 3 atom stereocenters. The molecule has 0 aromatic carbocycles. The van der Waals surface area contributed by atoms with Crippen molar-refractivity contribution in [2.75, 3.05) is 13.7 Å². The second kappa shape index (κ2) is 5.58. The molecule has 1 aliphatic carbocycles. The largest absolute Gasteiger partial charge is 0.471 e. The standard InChI is InChI=1S/C15H22O5/c1-15(2,3)20-14-12-9(7-16)5-6-10(12)11(8-19-14)13(17)18-4/h5,8,10,12,14,16H,6-7H2,1-4H3/t10-,12-,14?/m1/s1. The summed E-state index contributed by atoms with van der Waals surface area (Å²) in [6.07, 6.45) is 3.60. The van der Waals surface area contributed by atoms with E-state index >= 15 is 0 Å². The number of hydrogen-bond acceptors (Lipinski definition) is 5. The van der Waals surface area contributed by atoms with E-state index in [0.29, 0.717) is 12.0 Å². The minimum Gasteiger partial charge on any atom is -0.471 e. The van der Waals surface area contributed by atoms with Crippen molar-refractivity contribution in [3.8, 4) is 0 Å². The van der Waals surface area contributed by atoms with Crippen molar-refractivity contribution in [3.05, 3.63) is 23.5 Å². The second-order valence-electron chi connectivity index (χ2n) is 6.10. The van der Waals surface area contributed by atoms with Crippen LogP contribution in [0.4, 0.5) is 0 Å². The van der Waals surface area contributed by atoms with Crippen LogP contribution in [-0.2, 0) is 19.0 Å². The van der Waals surface area contributed by atoms with E-state index in [9.17, 15) is 9.90 Å². The lowest BCUT2D eigenvalue weighted by atomic mass is 9.83. The van der Waals surface area contributed by atoms with Gasteiger partial charge in [-0.2, -0.15) is 0 Å². The zero-order valence-electron chi connectivity index (χ0n) is 12.4. The van der Waals surface area contributed by atoms with Crippen LogP contribution in [0.15, 0.2) is 23.5 Å². The van der Waals surface area contributed by atoms with Gasteiger partial charge in [0.1, 0.15) is 0 Å². The molecule has 1 N–H and O–H groups in total. The summed E-state index contributed by atoms with van der Waals surface area (Å²) in [4.78, 5) is 11.8. The van der Waals surface area contributed by atoms with Gasteiger partial charge in [0.25, 0.3) is 0 Å². The van der Waals surface area contributed by atoms with Crippen molar-refractivity contribution < 1.29 is 24.1 Å². The van der Waals surface area contributed by atoms with Gasteiger partial charge in [-0.3, -0.25) is 0 Å². The van der Waals surface area contributed by atoms with Gasteiger partial charge in [-0.15, -0.1) is 0 Å². The molecule has 5 heteroatoms. The number of allylic oxidation sites excluding steroid dienone is 1. The Balaban J connectivity index is 2.27. The van der Waals surface area contributed by atoms with Crippen LogP contribution in [0.25, 0.3) is 0 Å².